The first-order valence-corrected chi connectivity index (χ1v) is 11.8. The van der Waals surface area contributed by atoms with Crippen LogP contribution in [0, 0.1) is 11.8 Å². The molecular formula is C24H33N5O2. The molecular weight excluding hydrogens is 390 g/mol. The van der Waals surface area contributed by atoms with Crippen LogP contribution in [-0.4, -0.2) is 58.1 Å². The highest BCUT2D eigenvalue weighted by molar-refractivity contribution is 5.79. The molecule has 1 saturated carbocycles. The summed E-state index contributed by atoms with van der Waals surface area (Å²) in [5.74, 6) is 1.77. The van der Waals surface area contributed by atoms with Crippen LogP contribution in [0.5, 0.6) is 5.75 Å². The molecule has 7 nitrogen and oxygen atoms in total. The van der Waals surface area contributed by atoms with Gasteiger partial charge < -0.3 is 10.1 Å². The number of carbonyl (C=O) groups is 1. The number of nitrogens with one attached hydrogen (secondary N) is 1. The van der Waals surface area contributed by atoms with E-state index in [1.54, 1.807) is 7.11 Å². The van der Waals surface area contributed by atoms with Gasteiger partial charge in [-0.2, -0.15) is 0 Å². The van der Waals surface area contributed by atoms with Crippen molar-refractivity contribution in [2.75, 3.05) is 20.2 Å². The summed E-state index contributed by atoms with van der Waals surface area (Å²) in [6, 6.07) is 8.74. The Labute approximate surface area is 184 Å². The maximum Gasteiger partial charge on any atom is 0.224 e. The molecule has 7 heteroatoms. The van der Waals surface area contributed by atoms with E-state index in [2.05, 4.69) is 20.5 Å². The Kier molecular flexibility index (Phi) is 5.94. The van der Waals surface area contributed by atoms with Crippen LogP contribution in [-0.2, 0) is 11.3 Å². The van der Waals surface area contributed by atoms with Crippen molar-refractivity contribution in [1.82, 2.24) is 25.2 Å². The lowest BCUT2D eigenvalue weighted by molar-refractivity contribution is -0.134. The van der Waals surface area contributed by atoms with Crippen LogP contribution in [0.15, 0.2) is 30.5 Å². The molecule has 4 heterocycles. The largest absolute Gasteiger partial charge is 0.497 e. The number of amides is 1. The maximum atomic E-state index is 13.0. The first-order valence-electron chi connectivity index (χ1n) is 11.8. The van der Waals surface area contributed by atoms with Gasteiger partial charge >= 0.3 is 0 Å². The van der Waals surface area contributed by atoms with E-state index in [0.29, 0.717) is 23.9 Å². The van der Waals surface area contributed by atoms with Crippen molar-refractivity contribution in [3.05, 3.63) is 30.5 Å². The Morgan fingerprint density at radius 2 is 1.97 bits per heavy atom. The SMILES string of the molecule is COc1ccc(-c2cn(CC3CC4CCN3CC4C(=O)NC3CCCCC3)nn2)cc1. The molecule has 1 N–H and O–H groups in total. The zero-order valence-electron chi connectivity index (χ0n) is 18.4. The van der Waals surface area contributed by atoms with E-state index < -0.39 is 0 Å². The fraction of sp³-hybridized carbons (Fsp3) is 0.625. The number of aromatic nitrogens is 3. The second kappa shape index (κ2) is 8.99. The summed E-state index contributed by atoms with van der Waals surface area (Å²) < 4.78 is 7.19. The van der Waals surface area contributed by atoms with Gasteiger partial charge in [-0.3, -0.25) is 14.4 Å². The number of fused-ring (bicyclic) bond motifs is 3. The van der Waals surface area contributed by atoms with E-state index in [4.69, 9.17) is 4.74 Å². The van der Waals surface area contributed by atoms with Gasteiger partial charge in [0.1, 0.15) is 11.4 Å². The van der Waals surface area contributed by atoms with E-state index in [0.717, 1.165) is 62.3 Å². The molecule has 1 amide bonds. The molecule has 3 saturated heterocycles. The number of benzene rings is 1. The number of hydrogen-bond acceptors (Lipinski definition) is 5. The molecule has 6 rings (SSSR count). The van der Waals surface area contributed by atoms with Gasteiger partial charge in [-0.05, 0) is 62.4 Å². The van der Waals surface area contributed by atoms with Crippen molar-refractivity contribution in [3.63, 3.8) is 0 Å². The highest BCUT2D eigenvalue weighted by Gasteiger charge is 2.43. The fourth-order valence-corrected chi connectivity index (χ4v) is 5.68. The van der Waals surface area contributed by atoms with E-state index >= 15 is 0 Å². The summed E-state index contributed by atoms with van der Waals surface area (Å²) in [6.45, 7) is 2.80. The Bertz CT molecular complexity index is 890. The van der Waals surface area contributed by atoms with Crippen LogP contribution < -0.4 is 10.1 Å². The van der Waals surface area contributed by atoms with Crippen molar-refractivity contribution in [2.24, 2.45) is 11.8 Å². The predicted molar refractivity (Wildman–Crippen MR) is 119 cm³/mol. The van der Waals surface area contributed by atoms with Crippen LogP contribution in [0.25, 0.3) is 11.3 Å². The Hall–Kier alpha value is -2.41. The summed E-state index contributed by atoms with van der Waals surface area (Å²) in [4.78, 5) is 15.5. The molecule has 1 aromatic carbocycles. The number of rotatable bonds is 6. The van der Waals surface area contributed by atoms with E-state index in [1.165, 1.54) is 19.3 Å². The standard InChI is InChI=1S/C24H33N5O2/c1-31-21-9-7-17(8-10-21)23-16-29(27-26-23)14-20-13-18-11-12-28(20)15-22(18)24(30)25-19-5-3-2-4-6-19/h7-10,16,18-20,22H,2-6,11-15H2,1H3,(H,25,30). The summed E-state index contributed by atoms with van der Waals surface area (Å²) in [5.41, 5.74) is 1.92. The van der Waals surface area contributed by atoms with Crippen molar-refractivity contribution in [2.45, 2.75) is 63.6 Å². The molecule has 4 atom stereocenters. The molecule has 3 aliphatic heterocycles. The molecule has 2 aromatic rings. The van der Waals surface area contributed by atoms with Gasteiger partial charge in [0.15, 0.2) is 0 Å². The number of methoxy groups -OCH3 is 1. The van der Waals surface area contributed by atoms with Crippen LogP contribution in [0.1, 0.15) is 44.9 Å². The number of piperidine rings is 3. The van der Waals surface area contributed by atoms with Crippen LogP contribution in [0.4, 0.5) is 0 Å². The van der Waals surface area contributed by atoms with Crippen LogP contribution in [0.2, 0.25) is 0 Å². The molecule has 4 aliphatic rings. The Morgan fingerprint density at radius 1 is 1.16 bits per heavy atom. The highest BCUT2D eigenvalue weighted by Crippen LogP contribution is 2.37. The summed E-state index contributed by atoms with van der Waals surface area (Å²) >= 11 is 0. The summed E-state index contributed by atoms with van der Waals surface area (Å²) in [6.07, 6.45) is 10.4. The minimum atomic E-state index is 0.150. The molecule has 0 spiro atoms. The average Bonchev–Trinajstić information content (AvgIpc) is 3.28. The number of hydrogen-bond donors (Lipinski definition) is 1. The molecule has 166 valence electrons. The molecule has 1 aromatic heterocycles. The first kappa shape index (κ1) is 20.5. The Morgan fingerprint density at radius 3 is 2.68 bits per heavy atom. The van der Waals surface area contributed by atoms with E-state index in [1.807, 2.05) is 35.1 Å². The third-order valence-electron chi connectivity index (χ3n) is 7.49. The van der Waals surface area contributed by atoms with Gasteiger partial charge in [0.2, 0.25) is 5.91 Å². The first-order chi connectivity index (χ1) is 15.2. The number of carbonyl (C=O) groups excluding carboxylic acids is 1. The normalized spacial score (nSPS) is 28.4. The second-order valence-electron chi connectivity index (χ2n) is 9.44. The van der Waals surface area contributed by atoms with Gasteiger partial charge in [0.05, 0.1) is 25.8 Å². The van der Waals surface area contributed by atoms with Crippen LogP contribution in [0.3, 0.4) is 0 Å². The smallest absolute Gasteiger partial charge is 0.224 e. The van der Waals surface area contributed by atoms with Gasteiger partial charge in [-0.25, -0.2) is 0 Å². The minimum absolute atomic E-state index is 0.150. The zero-order valence-corrected chi connectivity index (χ0v) is 18.4. The topological polar surface area (TPSA) is 72.3 Å². The van der Waals surface area contributed by atoms with Crippen molar-refractivity contribution < 1.29 is 9.53 Å². The monoisotopic (exact) mass is 423 g/mol. The zero-order chi connectivity index (χ0) is 21.2. The average molecular weight is 424 g/mol. The second-order valence-corrected chi connectivity index (χ2v) is 9.44. The summed E-state index contributed by atoms with van der Waals surface area (Å²) in [7, 11) is 1.67. The van der Waals surface area contributed by atoms with Gasteiger partial charge in [0.25, 0.3) is 0 Å². The molecule has 2 bridgehead atoms. The van der Waals surface area contributed by atoms with Crippen molar-refractivity contribution >= 4 is 5.91 Å². The molecule has 0 radical (unpaired) electrons. The van der Waals surface area contributed by atoms with E-state index in [-0.39, 0.29) is 5.92 Å². The number of nitrogens with zero attached hydrogens (tertiary/aromatic N) is 4. The lowest BCUT2D eigenvalue weighted by Gasteiger charge is -2.49. The third kappa shape index (κ3) is 4.47. The Balaban J connectivity index is 1.19. The fourth-order valence-electron chi connectivity index (χ4n) is 5.68. The highest BCUT2D eigenvalue weighted by atomic mass is 16.5. The third-order valence-corrected chi connectivity index (χ3v) is 7.49. The molecule has 1 aliphatic carbocycles. The van der Waals surface area contributed by atoms with Crippen molar-refractivity contribution in [3.8, 4) is 17.0 Å². The molecule has 4 unspecified atom stereocenters. The lowest BCUT2D eigenvalue weighted by atomic mass is 9.75. The van der Waals surface area contributed by atoms with Gasteiger partial charge in [0, 0.05) is 24.2 Å². The van der Waals surface area contributed by atoms with Gasteiger partial charge in [-0.1, -0.05) is 24.5 Å². The van der Waals surface area contributed by atoms with Crippen molar-refractivity contribution in [1.29, 1.82) is 0 Å². The van der Waals surface area contributed by atoms with E-state index in [9.17, 15) is 4.79 Å². The summed E-state index contributed by atoms with van der Waals surface area (Å²) in [5, 5.41) is 12.1. The molecule has 4 fully saturated rings. The lowest BCUT2D eigenvalue weighted by Crippen LogP contribution is -2.58. The van der Waals surface area contributed by atoms with Gasteiger partial charge in [-0.15, -0.1) is 5.10 Å². The minimum Gasteiger partial charge on any atom is -0.497 e. The molecule has 31 heavy (non-hydrogen) atoms. The predicted octanol–water partition coefficient (Wildman–Crippen LogP) is 3.11. The quantitative estimate of drug-likeness (QED) is 0.773. The maximum absolute atomic E-state index is 13.0. The van der Waals surface area contributed by atoms with Crippen LogP contribution >= 0.6 is 0 Å². The number of ether oxygens (including phenoxy) is 1.